The Kier molecular flexibility index (Phi) is 6.94. The van der Waals surface area contributed by atoms with Crippen molar-refractivity contribution in [2.24, 2.45) is 0 Å². The van der Waals surface area contributed by atoms with Crippen LogP contribution < -0.4 is 10.6 Å². The van der Waals surface area contributed by atoms with Crippen molar-refractivity contribution in [2.75, 3.05) is 18.5 Å². The largest absolute Gasteiger partial charge is 0.462 e. The molecular weight excluding hydrogens is 272 g/mol. The van der Waals surface area contributed by atoms with Gasteiger partial charge in [0, 0.05) is 12.1 Å². The first-order valence-corrected chi connectivity index (χ1v) is 6.90. The first-order chi connectivity index (χ1) is 10.1. The Morgan fingerprint density at radius 1 is 1.05 bits per heavy atom. The molecule has 114 valence electrons. The maximum atomic E-state index is 11.6. The number of esters is 1. The average molecular weight is 292 g/mol. The molecule has 0 saturated carbocycles. The molecule has 0 bridgehead atoms. The lowest BCUT2D eigenvalue weighted by molar-refractivity contribution is -0.124. The van der Waals surface area contributed by atoms with Gasteiger partial charge in [0.15, 0.2) is 0 Å². The van der Waals surface area contributed by atoms with Crippen molar-refractivity contribution < 1.29 is 19.1 Å². The van der Waals surface area contributed by atoms with E-state index in [4.69, 9.17) is 4.74 Å². The van der Waals surface area contributed by atoms with Gasteiger partial charge in [0.2, 0.25) is 11.8 Å². The summed E-state index contributed by atoms with van der Waals surface area (Å²) in [5, 5.41) is 5.16. The van der Waals surface area contributed by atoms with E-state index in [1.54, 1.807) is 31.2 Å². The highest BCUT2D eigenvalue weighted by Crippen LogP contribution is 2.10. The van der Waals surface area contributed by atoms with Crippen molar-refractivity contribution in [1.29, 1.82) is 0 Å². The highest BCUT2D eigenvalue weighted by Gasteiger charge is 2.08. The maximum absolute atomic E-state index is 11.6. The summed E-state index contributed by atoms with van der Waals surface area (Å²) < 4.78 is 4.86. The summed E-state index contributed by atoms with van der Waals surface area (Å²) in [5.41, 5.74) is 0.976. The number of rotatable bonds is 7. The number of hydrogen-bond acceptors (Lipinski definition) is 4. The minimum Gasteiger partial charge on any atom is -0.462 e. The molecule has 1 aromatic carbocycles. The molecule has 2 amide bonds. The van der Waals surface area contributed by atoms with Gasteiger partial charge in [-0.2, -0.15) is 0 Å². The summed E-state index contributed by atoms with van der Waals surface area (Å²) in [7, 11) is 0. The molecule has 0 saturated heterocycles. The third kappa shape index (κ3) is 6.07. The number of carbonyl (C=O) groups excluding carboxylic acids is 3. The van der Waals surface area contributed by atoms with Crippen LogP contribution in [0.3, 0.4) is 0 Å². The van der Waals surface area contributed by atoms with Gasteiger partial charge in [-0.1, -0.05) is 6.92 Å². The summed E-state index contributed by atoms with van der Waals surface area (Å²) in [4.78, 5) is 34.3. The lowest BCUT2D eigenvalue weighted by atomic mass is 10.2. The molecule has 0 atom stereocenters. The lowest BCUT2D eigenvalue weighted by Gasteiger charge is -2.07. The van der Waals surface area contributed by atoms with E-state index < -0.39 is 5.97 Å². The molecule has 0 aromatic heterocycles. The van der Waals surface area contributed by atoms with Gasteiger partial charge in [-0.05, 0) is 37.6 Å². The monoisotopic (exact) mass is 292 g/mol. The van der Waals surface area contributed by atoms with Gasteiger partial charge in [0.1, 0.15) is 0 Å². The van der Waals surface area contributed by atoms with E-state index in [-0.39, 0.29) is 18.4 Å². The fourth-order valence-electron chi connectivity index (χ4n) is 1.60. The zero-order valence-corrected chi connectivity index (χ0v) is 12.3. The van der Waals surface area contributed by atoms with Gasteiger partial charge in [0.25, 0.3) is 0 Å². The quantitative estimate of drug-likeness (QED) is 0.749. The summed E-state index contributed by atoms with van der Waals surface area (Å²) in [6, 6.07) is 6.36. The van der Waals surface area contributed by atoms with Crippen LogP contribution in [0.2, 0.25) is 0 Å². The zero-order valence-electron chi connectivity index (χ0n) is 12.3. The topological polar surface area (TPSA) is 84.5 Å². The maximum Gasteiger partial charge on any atom is 0.338 e. The van der Waals surface area contributed by atoms with Crippen LogP contribution in [0.5, 0.6) is 0 Å². The van der Waals surface area contributed by atoms with Crippen molar-refractivity contribution >= 4 is 23.5 Å². The number of hydrogen-bond donors (Lipinski definition) is 2. The Bertz CT molecular complexity index is 497. The highest BCUT2D eigenvalue weighted by atomic mass is 16.5. The van der Waals surface area contributed by atoms with E-state index in [0.717, 1.165) is 6.42 Å². The molecule has 0 aliphatic heterocycles. The Hall–Kier alpha value is -2.37. The van der Waals surface area contributed by atoms with Gasteiger partial charge in [0.05, 0.1) is 18.7 Å². The molecule has 0 heterocycles. The van der Waals surface area contributed by atoms with Gasteiger partial charge in [-0.15, -0.1) is 0 Å². The highest BCUT2D eigenvalue weighted by molar-refractivity contribution is 5.95. The van der Waals surface area contributed by atoms with Crippen molar-refractivity contribution in [3.05, 3.63) is 29.8 Å². The minimum absolute atomic E-state index is 0.0710. The molecule has 6 nitrogen and oxygen atoms in total. The number of anilines is 1. The smallest absolute Gasteiger partial charge is 0.338 e. The van der Waals surface area contributed by atoms with Crippen LogP contribution in [0.15, 0.2) is 24.3 Å². The molecule has 0 unspecified atom stereocenters. The molecular formula is C15H20N2O4. The van der Waals surface area contributed by atoms with Crippen LogP contribution >= 0.6 is 0 Å². The summed E-state index contributed by atoms with van der Waals surface area (Å²) >= 11 is 0. The Balaban J connectivity index is 2.46. The molecule has 0 aliphatic carbocycles. The third-order valence-electron chi connectivity index (χ3n) is 2.60. The van der Waals surface area contributed by atoms with E-state index in [1.165, 1.54) is 0 Å². The SMILES string of the molecule is CCCC(=O)NCC(=O)Nc1ccc(C(=O)OCC)cc1. The Morgan fingerprint density at radius 3 is 2.29 bits per heavy atom. The fraction of sp³-hybridized carbons (Fsp3) is 0.400. The predicted molar refractivity (Wildman–Crippen MR) is 78.9 cm³/mol. The molecule has 1 rings (SSSR count). The molecule has 0 radical (unpaired) electrons. The molecule has 6 heteroatoms. The molecule has 2 N–H and O–H groups in total. The first-order valence-electron chi connectivity index (χ1n) is 6.90. The van der Waals surface area contributed by atoms with E-state index in [2.05, 4.69) is 10.6 Å². The standard InChI is InChI=1S/C15H20N2O4/c1-3-5-13(18)16-10-14(19)17-12-8-6-11(7-9-12)15(20)21-4-2/h6-9H,3-5,10H2,1-2H3,(H,16,18)(H,17,19). The van der Waals surface area contributed by atoms with E-state index >= 15 is 0 Å². The van der Waals surface area contributed by atoms with Crippen molar-refractivity contribution in [1.82, 2.24) is 5.32 Å². The minimum atomic E-state index is -0.401. The van der Waals surface area contributed by atoms with Crippen LogP contribution in [-0.2, 0) is 14.3 Å². The molecule has 0 fully saturated rings. The van der Waals surface area contributed by atoms with Crippen molar-refractivity contribution in [2.45, 2.75) is 26.7 Å². The van der Waals surface area contributed by atoms with Gasteiger partial charge >= 0.3 is 5.97 Å². The molecule has 1 aromatic rings. The van der Waals surface area contributed by atoms with Crippen molar-refractivity contribution in [3.63, 3.8) is 0 Å². The number of amides is 2. The Morgan fingerprint density at radius 2 is 1.71 bits per heavy atom. The summed E-state index contributed by atoms with van der Waals surface area (Å²) in [5.74, 6) is -0.865. The van der Waals surface area contributed by atoms with Crippen molar-refractivity contribution in [3.8, 4) is 0 Å². The second kappa shape index (κ2) is 8.73. The van der Waals surface area contributed by atoms with Crippen LogP contribution in [0, 0.1) is 0 Å². The van der Waals surface area contributed by atoms with Gasteiger partial charge < -0.3 is 15.4 Å². The second-order valence-corrected chi connectivity index (χ2v) is 4.37. The van der Waals surface area contributed by atoms with Crippen LogP contribution in [0.25, 0.3) is 0 Å². The van der Waals surface area contributed by atoms with Crippen LogP contribution in [0.1, 0.15) is 37.0 Å². The molecule has 21 heavy (non-hydrogen) atoms. The normalized spacial score (nSPS) is 9.81. The molecule has 0 aliphatic rings. The summed E-state index contributed by atoms with van der Waals surface area (Å²) in [6.45, 7) is 3.87. The number of benzene rings is 1. The van der Waals surface area contributed by atoms with Crippen LogP contribution in [-0.4, -0.2) is 30.9 Å². The first kappa shape index (κ1) is 16.7. The van der Waals surface area contributed by atoms with E-state index in [1.807, 2.05) is 6.92 Å². The third-order valence-corrected chi connectivity index (χ3v) is 2.60. The Labute approximate surface area is 123 Å². The van der Waals surface area contributed by atoms with E-state index in [0.29, 0.717) is 24.3 Å². The van der Waals surface area contributed by atoms with Gasteiger partial charge in [-0.25, -0.2) is 4.79 Å². The number of ether oxygens (including phenoxy) is 1. The second-order valence-electron chi connectivity index (χ2n) is 4.37. The number of carbonyl (C=O) groups is 3. The molecule has 0 spiro atoms. The van der Waals surface area contributed by atoms with Gasteiger partial charge in [-0.3, -0.25) is 9.59 Å². The average Bonchev–Trinajstić information content (AvgIpc) is 2.46. The zero-order chi connectivity index (χ0) is 15.7. The fourth-order valence-corrected chi connectivity index (χ4v) is 1.60. The predicted octanol–water partition coefficient (Wildman–Crippen LogP) is 1.72. The number of nitrogens with one attached hydrogen (secondary N) is 2. The van der Waals surface area contributed by atoms with Crippen LogP contribution in [0.4, 0.5) is 5.69 Å². The lowest BCUT2D eigenvalue weighted by Crippen LogP contribution is -2.32. The van der Waals surface area contributed by atoms with E-state index in [9.17, 15) is 14.4 Å². The summed E-state index contributed by atoms with van der Waals surface area (Å²) in [6.07, 6.45) is 1.14.